The van der Waals surface area contributed by atoms with Crippen molar-refractivity contribution in [3.8, 4) is 0 Å². The molecular formula is C24H22F4N4O. The molecule has 2 aromatic carbocycles. The van der Waals surface area contributed by atoms with Crippen molar-refractivity contribution in [3.63, 3.8) is 0 Å². The number of rotatable bonds is 3. The topological polar surface area (TPSA) is 43.4 Å². The maximum Gasteiger partial charge on any atom is 0.233 e. The summed E-state index contributed by atoms with van der Waals surface area (Å²) in [4.78, 5) is 7.60. The van der Waals surface area contributed by atoms with Crippen LogP contribution in [0.25, 0.3) is 4.85 Å². The monoisotopic (exact) mass is 458 g/mol. The van der Waals surface area contributed by atoms with Crippen molar-refractivity contribution in [2.75, 3.05) is 36.0 Å². The molecule has 0 bridgehead atoms. The summed E-state index contributed by atoms with van der Waals surface area (Å²) in [5.41, 5.74) is 1.44. The third-order valence-electron chi connectivity index (χ3n) is 7.33. The third kappa shape index (κ3) is 3.99. The lowest BCUT2D eigenvalue weighted by Crippen LogP contribution is -2.24. The molecule has 9 heteroatoms. The number of nitrogens with zero attached hydrogens (tertiary/aromatic N) is 4. The van der Waals surface area contributed by atoms with Gasteiger partial charge in [-0.15, -0.1) is 5.16 Å². The van der Waals surface area contributed by atoms with E-state index < -0.39 is 23.3 Å². The van der Waals surface area contributed by atoms with Crippen LogP contribution in [0.1, 0.15) is 0 Å². The van der Waals surface area contributed by atoms with Gasteiger partial charge in [-0.2, -0.15) is 0 Å². The predicted molar refractivity (Wildman–Crippen MR) is 115 cm³/mol. The van der Waals surface area contributed by atoms with Crippen LogP contribution < -0.4 is 9.80 Å². The summed E-state index contributed by atoms with van der Waals surface area (Å²) in [6.45, 7) is 10.2. The van der Waals surface area contributed by atoms with Gasteiger partial charge in [0, 0.05) is 61.8 Å². The lowest BCUT2D eigenvalue weighted by Gasteiger charge is -2.21. The normalized spacial score (nSPS) is 31.0. The van der Waals surface area contributed by atoms with Gasteiger partial charge in [0.25, 0.3) is 0 Å². The van der Waals surface area contributed by atoms with Crippen LogP contribution in [-0.2, 0) is 0 Å². The Kier molecular flexibility index (Phi) is 5.39. The second-order valence-corrected chi connectivity index (χ2v) is 9.12. The number of fused-ring (bicyclic) bond motifs is 2. The Hall–Kier alpha value is -3.28. The first-order valence-corrected chi connectivity index (χ1v) is 10.9. The highest BCUT2D eigenvalue weighted by Crippen LogP contribution is 2.51. The van der Waals surface area contributed by atoms with E-state index in [2.05, 4.69) is 10.0 Å². The van der Waals surface area contributed by atoms with Crippen LogP contribution in [0.3, 0.4) is 0 Å². The standard InChI is InChI=1S/C12H12F2N2O.C12H10F2N2/c13-11-2-1-7(3-12(11)14)16-5-9-8(4-15-17)10(9)6-16;1-15-12-8-5-16(6-9(8)12)7-2-3-10(13)11(14)4-7/h1-4,8-10,17H,5-6H2;2-4,8-9,12H,5-6H2/b15-4+;/t8?,9-,10+;8-,9+,12?. The van der Waals surface area contributed by atoms with E-state index in [1.807, 2.05) is 9.80 Å². The number of anilines is 2. The lowest BCUT2D eigenvalue weighted by atomic mass is 10.2. The molecule has 1 N–H and O–H groups in total. The van der Waals surface area contributed by atoms with Gasteiger partial charge >= 0.3 is 0 Å². The summed E-state index contributed by atoms with van der Waals surface area (Å²) in [5, 5.41) is 11.5. The van der Waals surface area contributed by atoms with Gasteiger partial charge in [0.2, 0.25) is 6.04 Å². The number of halogens is 4. The maximum absolute atomic E-state index is 13.1. The molecule has 0 radical (unpaired) electrons. The first kappa shape index (κ1) is 21.6. The average molecular weight is 458 g/mol. The summed E-state index contributed by atoms with van der Waals surface area (Å²) < 4.78 is 51.7. The highest BCUT2D eigenvalue weighted by molar-refractivity contribution is 5.67. The summed E-state index contributed by atoms with van der Waals surface area (Å²) in [6, 6.07) is 8.13. The van der Waals surface area contributed by atoms with Crippen molar-refractivity contribution in [2.24, 2.45) is 34.7 Å². The molecule has 5 nitrogen and oxygen atoms in total. The Labute approximate surface area is 188 Å². The first-order chi connectivity index (χ1) is 15.9. The summed E-state index contributed by atoms with van der Waals surface area (Å²) >= 11 is 0. The Balaban J connectivity index is 0.000000139. The number of piperidine rings is 2. The van der Waals surface area contributed by atoms with Crippen molar-refractivity contribution in [1.29, 1.82) is 0 Å². The molecule has 4 fully saturated rings. The number of hydrogen-bond acceptors (Lipinski definition) is 4. The van der Waals surface area contributed by atoms with Gasteiger partial charge in [-0.25, -0.2) is 24.1 Å². The molecule has 4 aliphatic rings. The zero-order valence-electron chi connectivity index (χ0n) is 17.6. The van der Waals surface area contributed by atoms with Crippen molar-refractivity contribution in [3.05, 3.63) is 71.1 Å². The second kappa shape index (κ2) is 8.25. The van der Waals surface area contributed by atoms with Crippen LogP contribution in [0.15, 0.2) is 41.6 Å². The molecule has 2 saturated carbocycles. The zero-order valence-corrected chi connectivity index (χ0v) is 17.6. The van der Waals surface area contributed by atoms with Crippen LogP contribution in [0.4, 0.5) is 28.9 Å². The minimum atomic E-state index is -0.816. The molecule has 0 aromatic heterocycles. The highest BCUT2D eigenvalue weighted by atomic mass is 19.2. The Morgan fingerprint density at radius 3 is 1.64 bits per heavy atom. The molecule has 2 heterocycles. The van der Waals surface area contributed by atoms with Crippen LogP contribution >= 0.6 is 0 Å². The first-order valence-electron chi connectivity index (χ1n) is 10.9. The van der Waals surface area contributed by atoms with Crippen molar-refractivity contribution in [1.82, 2.24) is 0 Å². The Morgan fingerprint density at radius 1 is 0.788 bits per heavy atom. The Bertz CT molecular complexity index is 1110. The van der Waals surface area contributed by atoms with E-state index in [0.29, 0.717) is 29.6 Å². The molecule has 2 unspecified atom stereocenters. The van der Waals surface area contributed by atoms with E-state index in [0.717, 1.165) is 49.7 Å². The average Bonchev–Trinajstić information content (AvgIpc) is 3.46. The van der Waals surface area contributed by atoms with Gasteiger partial charge in [0.15, 0.2) is 23.3 Å². The van der Waals surface area contributed by atoms with E-state index in [1.165, 1.54) is 12.1 Å². The van der Waals surface area contributed by atoms with Gasteiger partial charge in [-0.05, 0) is 36.1 Å². The van der Waals surface area contributed by atoms with Crippen molar-refractivity contribution < 1.29 is 22.8 Å². The van der Waals surface area contributed by atoms with Gasteiger partial charge in [0.05, 0.1) is 11.8 Å². The maximum atomic E-state index is 13.1. The second-order valence-electron chi connectivity index (χ2n) is 9.12. The minimum absolute atomic E-state index is 0.168. The number of hydrogen-bond donors (Lipinski definition) is 1. The van der Waals surface area contributed by atoms with Crippen molar-refractivity contribution in [2.45, 2.75) is 6.04 Å². The third-order valence-corrected chi connectivity index (χ3v) is 7.33. The largest absolute Gasteiger partial charge is 0.411 e. The lowest BCUT2D eigenvalue weighted by molar-refractivity contribution is 0.319. The number of oxime groups is 1. The SMILES string of the molecule is O/N=C/C1[C@H]2CN(c3ccc(F)c(F)c3)C[C@@H]12.[C-]#[N+]C1[C@H]2CN(c3ccc(F)c(F)c3)C[C@@H]12. The van der Waals surface area contributed by atoms with Crippen LogP contribution in [0.5, 0.6) is 0 Å². The molecule has 2 aromatic rings. The fourth-order valence-corrected chi connectivity index (χ4v) is 5.34. The van der Waals surface area contributed by atoms with Crippen LogP contribution in [0.2, 0.25) is 0 Å². The molecule has 6 rings (SSSR count). The van der Waals surface area contributed by atoms with E-state index >= 15 is 0 Å². The molecule has 2 aliphatic carbocycles. The van der Waals surface area contributed by atoms with E-state index in [4.69, 9.17) is 11.8 Å². The van der Waals surface area contributed by atoms with Crippen LogP contribution in [0, 0.1) is 59.4 Å². The fraction of sp³-hybridized carbons (Fsp3) is 0.417. The molecule has 2 saturated heterocycles. The van der Waals surface area contributed by atoms with E-state index in [9.17, 15) is 17.6 Å². The van der Waals surface area contributed by atoms with E-state index in [-0.39, 0.29) is 6.04 Å². The predicted octanol–water partition coefficient (Wildman–Crippen LogP) is 4.43. The van der Waals surface area contributed by atoms with Gasteiger partial charge in [-0.3, -0.25) is 0 Å². The van der Waals surface area contributed by atoms with Crippen LogP contribution in [-0.4, -0.2) is 43.6 Å². The fourth-order valence-electron chi connectivity index (χ4n) is 5.34. The number of benzene rings is 2. The molecule has 0 amide bonds. The molecular weight excluding hydrogens is 436 g/mol. The quantitative estimate of drug-likeness (QED) is 0.243. The molecule has 0 spiro atoms. The smallest absolute Gasteiger partial charge is 0.233 e. The highest BCUT2D eigenvalue weighted by Gasteiger charge is 2.62. The molecule has 6 atom stereocenters. The zero-order chi connectivity index (χ0) is 23.3. The summed E-state index contributed by atoms with van der Waals surface area (Å²) in [5.74, 6) is -1.05. The summed E-state index contributed by atoms with van der Waals surface area (Å²) in [6.07, 6.45) is 1.57. The van der Waals surface area contributed by atoms with Gasteiger partial charge in [-0.1, -0.05) is 0 Å². The van der Waals surface area contributed by atoms with Gasteiger partial charge < -0.3 is 19.9 Å². The summed E-state index contributed by atoms with van der Waals surface area (Å²) in [7, 11) is 0. The molecule has 33 heavy (non-hydrogen) atoms. The minimum Gasteiger partial charge on any atom is -0.411 e. The van der Waals surface area contributed by atoms with Crippen molar-refractivity contribution >= 4 is 17.6 Å². The molecule has 172 valence electrons. The molecule has 2 aliphatic heterocycles. The van der Waals surface area contributed by atoms with Gasteiger partial charge in [0.1, 0.15) is 0 Å². The Morgan fingerprint density at radius 2 is 1.24 bits per heavy atom. The van der Waals surface area contributed by atoms with E-state index in [1.54, 1.807) is 18.3 Å².